The molecule has 1 fully saturated rings. The number of hydrogen-bond acceptors (Lipinski definition) is 5. The first kappa shape index (κ1) is 17.8. The summed E-state index contributed by atoms with van der Waals surface area (Å²) in [4.78, 5) is 34.9. The number of carbonyl (C=O) groups is 3. The van der Waals surface area contributed by atoms with Crippen molar-refractivity contribution in [1.82, 2.24) is 10.9 Å². The fraction of sp³-hybridized carbons (Fsp3) is 0.471. The fourth-order valence-corrected chi connectivity index (χ4v) is 2.84. The van der Waals surface area contributed by atoms with Gasteiger partial charge in [0.05, 0.1) is 0 Å². The second-order valence-electron chi connectivity index (χ2n) is 5.96. The number of ether oxygens (including phenoxy) is 1. The van der Waals surface area contributed by atoms with Gasteiger partial charge in [-0.25, -0.2) is 0 Å². The van der Waals surface area contributed by atoms with Crippen LogP contribution in [0.15, 0.2) is 24.3 Å². The summed E-state index contributed by atoms with van der Waals surface area (Å²) in [7, 11) is 0. The molecule has 2 rings (SSSR count). The molecule has 0 saturated heterocycles. The smallest absolute Gasteiger partial charge is 0.276 e. The van der Waals surface area contributed by atoms with Crippen LogP contribution in [0.25, 0.3) is 0 Å². The molecule has 0 spiro atoms. The van der Waals surface area contributed by atoms with Crippen LogP contribution in [-0.4, -0.2) is 24.4 Å². The van der Waals surface area contributed by atoms with E-state index in [0.29, 0.717) is 18.6 Å². The van der Waals surface area contributed by atoms with E-state index in [-0.39, 0.29) is 6.61 Å². The van der Waals surface area contributed by atoms with Gasteiger partial charge in [0.25, 0.3) is 5.91 Å². The molecule has 0 bridgehead atoms. The average Bonchev–Trinajstić information content (AvgIpc) is 2.58. The lowest BCUT2D eigenvalue weighted by atomic mass is 9.79. The number of aryl methyl sites for hydroxylation is 1. The molecule has 130 valence electrons. The van der Waals surface area contributed by atoms with Crippen molar-refractivity contribution in [2.45, 2.75) is 32.6 Å². The molecule has 0 radical (unpaired) electrons. The van der Waals surface area contributed by atoms with Gasteiger partial charge in [-0.1, -0.05) is 25.0 Å². The molecule has 1 aliphatic carbocycles. The average molecular weight is 333 g/mol. The van der Waals surface area contributed by atoms with Crippen LogP contribution in [0.5, 0.6) is 5.75 Å². The van der Waals surface area contributed by atoms with Crippen LogP contribution in [0.4, 0.5) is 0 Å². The first-order valence-corrected chi connectivity index (χ1v) is 7.96. The fourth-order valence-electron chi connectivity index (χ4n) is 2.84. The molecule has 24 heavy (non-hydrogen) atoms. The summed E-state index contributed by atoms with van der Waals surface area (Å²) < 4.78 is 5.32. The van der Waals surface area contributed by atoms with Crippen molar-refractivity contribution in [3.8, 4) is 5.75 Å². The summed E-state index contributed by atoms with van der Waals surface area (Å²) in [5.41, 5.74) is 5.53. The Morgan fingerprint density at radius 1 is 1.17 bits per heavy atom. The summed E-state index contributed by atoms with van der Waals surface area (Å²) in [6.07, 6.45) is 2.44. The normalized spacial score (nSPS) is 20.0. The molecule has 2 amide bonds. The number of carboxylic acids is 1. The highest BCUT2D eigenvalue weighted by atomic mass is 16.5. The Bertz CT molecular complexity index is 617. The van der Waals surface area contributed by atoms with Gasteiger partial charge in [-0.05, 0) is 37.5 Å². The number of rotatable bonds is 5. The number of aliphatic carboxylic acids is 1. The Balaban J connectivity index is 1.78. The molecule has 2 unspecified atom stereocenters. The Kier molecular flexibility index (Phi) is 6.17. The molecule has 7 nitrogen and oxygen atoms in total. The van der Waals surface area contributed by atoms with Crippen LogP contribution < -0.4 is 20.7 Å². The largest absolute Gasteiger partial charge is 0.550 e. The summed E-state index contributed by atoms with van der Waals surface area (Å²) in [5.74, 6) is -3.18. The number of carboxylic acid groups (broad SMARTS) is 1. The van der Waals surface area contributed by atoms with E-state index in [2.05, 4.69) is 10.9 Å². The van der Waals surface area contributed by atoms with Crippen molar-refractivity contribution < 1.29 is 24.2 Å². The van der Waals surface area contributed by atoms with E-state index in [1.165, 1.54) is 0 Å². The highest BCUT2D eigenvalue weighted by molar-refractivity contribution is 5.87. The van der Waals surface area contributed by atoms with Gasteiger partial charge < -0.3 is 14.6 Å². The van der Waals surface area contributed by atoms with Crippen LogP contribution in [0.1, 0.15) is 31.2 Å². The molecular formula is C17H21N2O5-. The predicted octanol–water partition coefficient (Wildman–Crippen LogP) is 0.0775. The van der Waals surface area contributed by atoms with Crippen LogP contribution in [0.3, 0.4) is 0 Å². The zero-order chi connectivity index (χ0) is 17.5. The van der Waals surface area contributed by atoms with E-state index >= 15 is 0 Å². The lowest BCUT2D eigenvalue weighted by molar-refractivity contribution is -0.314. The Labute approximate surface area is 140 Å². The predicted molar refractivity (Wildman–Crippen MR) is 83.4 cm³/mol. The monoisotopic (exact) mass is 333 g/mol. The summed E-state index contributed by atoms with van der Waals surface area (Å²) in [5, 5.41) is 11.1. The van der Waals surface area contributed by atoms with Crippen LogP contribution in [0, 0.1) is 18.8 Å². The van der Waals surface area contributed by atoms with Crippen molar-refractivity contribution in [1.29, 1.82) is 0 Å². The van der Waals surface area contributed by atoms with E-state index < -0.39 is 29.6 Å². The van der Waals surface area contributed by atoms with Crippen molar-refractivity contribution in [3.63, 3.8) is 0 Å². The van der Waals surface area contributed by atoms with Gasteiger partial charge in [-0.3, -0.25) is 20.4 Å². The minimum absolute atomic E-state index is 0.252. The number of hydrogen-bond donors (Lipinski definition) is 2. The molecule has 1 aromatic carbocycles. The van der Waals surface area contributed by atoms with Crippen molar-refractivity contribution in [2.75, 3.05) is 6.61 Å². The van der Waals surface area contributed by atoms with Crippen molar-refractivity contribution in [2.24, 2.45) is 11.8 Å². The minimum atomic E-state index is -1.22. The SMILES string of the molecule is Cc1cccc(OCC(=O)NNC(=O)C2CCCCC2C(=O)[O-])c1. The number of nitrogens with one attached hydrogen (secondary N) is 2. The standard InChI is InChI=1S/C17H22N2O5/c1-11-5-4-6-12(9-11)24-10-15(20)18-19-16(21)13-7-2-3-8-14(13)17(22)23/h4-6,9,13-14H,2-3,7-8,10H2,1H3,(H,18,20)(H,19,21)(H,22,23)/p-1. The van der Waals surface area contributed by atoms with Gasteiger partial charge in [0.15, 0.2) is 6.61 Å². The van der Waals surface area contributed by atoms with Crippen molar-refractivity contribution in [3.05, 3.63) is 29.8 Å². The number of benzene rings is 1. The van der Waals surface area contributed by atoms with E-state index in [1.807, 2.05) is 19.1 Å². The molecule has 0 aliphatic heterocycles. The van der Waals surface area contributed by atoms with Crippen LogP contribution in [0.2, 0.25) is 0 Å². The number of amides is 2. The van der Waals surface area contributed by atoms with Gasteiger partial charge in [-0.15, -0.1) is 0 Å². The first-order chi connectivity index (χ1) is 11.5. The molecule has 1 saturated carbocycles. The van der Waals surface area contributed by atoms with Gasteiger partial charge in [0.1, 0.15) is 5.75 Å². The van der Waals surface area contributed by atoms with Gasteiger partial charge in [0.2, 0.25) is 5.91 Å². The van der Waals surface area contributed by atoms with Crippen LogP contribution in [-0.2, 0) is 14.4 Å². The minimum Gasteiger partial charge on any atom is -0.550 e. The summed E-state index contributed by atoms with van der Waals surface area (Å²) >= 11 is 0. The molecule has 2 atom stereocenters. The maximum Gasteiger partial charge on any atom is 0.276 e. The van der Waals surface area contributed by atoms with E-state index in [0.717, 1.165) is 18.4 Å². The lowest BCUT2D eigenvalue weighted by Crippen LogP contribution is -2.50. The maximum atomic E-state index is 12.1. The number of carbonyl (C=O) groups excluding carboxylic acids is 3. The third kappa shape index (κ3) is 4.97. The van der Waals surface area contributed by atoms with Gasteiger partial charge in [-0.2, -0.15) is 0 Å². The zero-order valence-corrected chi connectivity index (χ0v) is 13.5. The van der Waals surface area contributed by atoms with E-state index in [9.17, 15) is 19.5 Å². The quantitative estimate of drug-likeness (QED) is 0.742. The Morgan fingerprint density at radius 3 is 2.54 bits per heavy atom. The second kappa shape index (κ2) is 8.33. The third-order valence-corrected chi connectivity index (χ3v) is 4.09. The highest BCUT2D eigenvalue weighted by Crippen LogP contribution is 2.29. The summed E-state index contributed by atoms with van der Waals surface area (Å²) in [6.45, 7) is 1.66. The Hall–Kier alpha value is -2.57. The first-order valence-electron chi connectivity index (χ1n) is 7.96. The second-order valence-corrected chi connectivity index (χ2v) is 5.96. The van der Waals surface area contributed by atoms with Gasteiger partial charge >= 0.3 is 0 Å². The zero-order valence-electron chi connectivity index (χ0n) is 13.5. The van der Waals surface area contributed by atoms with Crippen molar-refractivity contribution >= 4 is 17.8 Å². The molecule has 0 heterocycles. The molecule has 1 aromatic rings. The Morgan fingerprint density at radius 2 is 1.88 bits per heavy atom. The highest BCUT2D eigenvalue weighted by Gasteiger charge is 2.31. The summed E-state index contributed by atoms with van der Waals surface area (Å²) in [6, 6.07) is 7.24. The molecule has 0 aromatic heterocycles. The maximum absolute atomic E-state index is 12.1. The van der Waals surface area contributed by atoms with E-state index in [4.69, 9.17) is 4.74 Å². The molecular weight excluding hydrogens is 312 g/mol. The lowest BCUT2D eigenvalue weighted by Gasteiger charge is -2.31. The topological polar surface area (TPSA) is 108 Å². The molecule has 2 N–H and O–H groups in total. The van der Waals surface area contributed by atoms with Gasteiger partial charge in [0, 0.05) is 17.8 Å². The molecule has 1 aliphatic rings. The number of hydrazine groups is 1. The third-order valence-electron chi connectivity index (χ3n) is 4.09. The van der Waals surface area contributed by atoms with E-state index in [1.54, 1.807) is 12.1 Å². The van der Waals surface area contributed by atoms with Crippen LogP contribution >= 0.6 is 0 Å². The molecule has 7 heteroatoms.